The highest BCUT2D eigenvalue weighted by Gasteiger charge is 2.27. The third kappa shape index (κ3) is 11.9. The van der Waals surface area contributed by atoms with Gasteiger partial charge < -0.3 is 4.74 Å². The number of halogens is 3. The number of hydrogen-bond donors (Lipinski definition) is 2. The Morgan fingerprint density at radius 2 is 1.82 bits per heavy atom. The zero-order valence-corrected chi connectivity index (χ0v) is 10.5. The summed E-state index contributed by atoms with van der Waals surface area (Å²) < 4.78 is 39.9. The van der Waals surface area contributed by atoms with Crippen LogP contribution in [0.25, 0.3) is 0 Å². The number of ether oxygens (including phenoxy) is 1. The lowest BCUT2D eigenvalue weighted by Crippen LogP contribution is -2.36. The zero-order valence-electron chi connectivity index (χ0n) is 10.5. The number of hydrazine groups is 1. The van der Waals surface area contributed by atoms with Crippen LogP contribution in [0, 0.1) is 5.92 Å². The molecule has 0 spiro atoms. The zero-order chi connectivity index (χ0) is 13.3. The molecule has 0 aromatic carbocycles. The molecule has 1 atom stereocenters. The molecule has 0 saturated carbocycles. The Balaban J connectivity index is 3.54. The van der Waals surface area contributed by atoms with Gasteiger partial charge >= 0.3 is 6.18 Å². The Morgan fingerprint density at radius 3 is 2.29 bits per heavy atom. The van der Waals surface area contributed by atoms with E-state index in [-0.39, 0.29) is 12.6 Å². The lowest BCUT2D eigenvalue weighted by Gasteiger charge is -2.16. The standard InChI is InChI=1S/C11H23F3N2O/c1-9(2)4-3-5-10(16-15)6-7-17-8-11(12,13)14/h9-10,16H,3-8,15H2,1-2H3. The van der Waals surface area contributed by atoms with Crippen molar-refractivity contribution in [1.82, 2.24) is 5.43 Å². The van der Waals surface area contributed by atoms with E-state index < -0.39 is 12.8 Å². The average Bonchev–Trinajstić information content (AvgIpc) is 2.19. The summed E-state index contributed by atoms with van der Waals surface area (Å²) >= 11 is 0. The Bertz CT molecular complexity index is 186. The molecule has 17 heavy (non-hydrogen) atoms. The molecule has 1 unspecified atom stereocenters. The molecular weight excluding hydrogens is 233 g/mol. The lowest BCUT2D eigenvalue weighted by molar-refractivity contribution is -0.174. The molecule has 0 bridgehead atoms. The first kappa shape index (κ1) is 16.7. The molecule has 0 fully saturated rings. The van der Waals surface area contributed by atoms with Crippen LogP contribution in [0.15, 0.2) is 0 Å². The number of alkyl halides is 3. The summed E-state index contributed by atoms with van der Waals surface area (Å²) in [6.45, 7) is 3.17. The second-order valence-corrected chi connectivity index (χ2v) is 4.64. The van der Waals surface area contributed by atoms with Crippen molar-refractivity contribution in [1.29, 1.82) is 0 Å². The maximum atomic E-state index is 11.8. The van der Waals surface area contributed by atoms with E-state index in [0.717, 1.165) is 19.3 Å². The van der Waals surface area contributed by atoms with E-state index in [1.165, 1.54) is 0 Å². The third-order valence-corrected chi connectivity index (χ3v) is 2.45. The van der Waals surface area contributed by atoms with E-state index >= 15 is 0 Å². The molecule has 0 aliphatic heterocycles. The van der Waals surface area contributed by atoms with Crippen LogP contribution in [0.5, 0.6) is 0 Å². The van der Waals surface area contributed by atoms with Crippen molar-refractivity contribution >= 4 is 0 Å². The number of nitrogens with one attached hydrogen (secondary N) is 1. The molecule has 0 aliphatic carbocycles. The summed E-state index contributed by atoms with van der Waals surface area (Å²) in [4.78, 5) is 0. The molecule has 0 aliphatic rings. The minimum Gasteiger partial charge on any atom is -0.372 e. The summed E-state index contributed by atoms with van der Waals surface area (Å²) in [5.74, 6) is 5.96. The maximum Gasteiger partial charge on any atom is 0.411 e. The van der Waals surface area contributed by atoms with Crippen molar-refractivity contribution in [3.63, 3.8) is 0 Å². The van der Waals surface area contributed by atoms with Crippen LogP contribution in [0.2, 0.25) is 0 Å². The first-order valence-electron chi connectivity index (χ1n) is 5.95. The van der Waals surface area contributed by atoms with Gasteiger partial charge in [0, 0.05) is 12.6 Å². The van der Waals surface area contributed by atoms with Crippen LogP contribution < -0.4 is 11.3 Å². The molecule has 0 amide bonds. The molecule has 104 valence electrons. The van der Waals surface area contributed by atoms with Crippen molar-refractivity contribution < 1.29 is 17.9 Å². The van der Waals surface area contributed by atoms with Gasteiger partial charge in [-0.2, -0.15) is 13.2 Å². The van der Waals surface area contributed by atoms with Gasteiger partial charge in [0.1, 0.15) is 6.61 Å². The summed E-state index contributed by atoms with van der Waals surface area (Å²) in [5, 5.41) is 0. The molecule has 6 heteroatoms. The summed E-state index contributed by atoms with van der Waals surface area (Å²) in [6.07, 6.45) is -0.759. The summed E-state index contributed by atoms with van der Waals surface area (Å²) in [6, 6.07) is 0.0296. The fourth-order valence-electron chi connectivity index (χ4n) is 1.50. The minimum absolute atomic E-state index is 0.0296. The van der Waals surface area contributed by atoms with Crippen LogP contribution >= 0.6 is 0 Å². The van der Waals surface area contributed by atoms with E-state index in [4.69, 9.17) is 5.84 Å². The largest absolute Gasteiger partial charge is 0.411 e. The molecule has 0 heterocycles. The predicted molar refractivity (Wildman–Crippen MR) is 61.3 cm³/mol. The second kappa shape index (κ2) is 8.72. The van der Waals surface area contributed by atoms with Crippen LogP contribution in [0.3, 0.4) is 0 Å². The predicted octanol–water partition coefficient (Wildman–Crippen LogP) is 2.61. The molecule has 3 nitrogen and oxygen atoms in total. The van der Waals surface area contributed by atoms with Crippen LogP contribution in [0.4, 0.5) is 13.2 Å². The lowest BCUT2D eigenvalue weighted by atomic mass is 10.0. The van der Waals surface area contributed by atoms with Crippen molar-refractivity contribution in [2.24, 2.45) is 11.8 Å². The molecule has 3 N–H and O–H groups in total. The molecule has 0 saturated heterocycles. The SMILES string of the molecule is CC(C)CCCC(CCOCC(F)(F)F)NN. The molecule has 0 aromatic rings. The summed E-state index contributed by atoms with van der Waals surface area (Å²) in [7, 11) is 0. The Morgan fingerprint density at radius 1 is 1.18 bits per heavy atom. The van der Waals surface area contributed by atoms with Gasteiger partial charge in [-0.25, -0.2) is 0 Å². The van der Waals surface area contributed by atoms with Gasteiger partial charge in [-0.1, -0.05) is 26.7 Å². The van der Waals surface area contributed by atoms with Crippen LogP contribution in [-0.4, -0.2) is 25.4 Å². The van der Waals surface area contributed by atoms with Gasteiger partial charge in [-0.05, 0) is 18.8 Å². The van der Waals surface area contributed by atoms with Gasteiger partial charge in [0.05, 0.1) is 0 Å². The van der Waals surface area contributed by atoms with E-state index in [9.17, 15) is 13.2 Å². The molecule has 0 rings (SSSR count). The molecular formula is C11H23F3N2O. The van der Waals surface area contributed by atoms with E-state index in [1.54, 1.807) is 0 Å². The molecule has 0 aromatic heterocycles. The fourth-order valence-corrected chi connectivity index (χ4v) is 1.50. The Kier molecular flexibility index (Phi) is 8.55. The van der Waals surface area contributed by atoms with Gasteiger partial charge in [-0.15, -0.1) is 0 Å². The number of rotatable bonds is 9. The van der Waals surface area contributed by atoms with E-state index in [0.29, 0.717) is 12.3 Å². The topological polar surface area (TPSA) is 47.3 Å². The highest BCUT2D eigenvalue weighted by molar-refractivity contribution is 4.64. The van der Waals surface area contributed by atoms with Gasteiger partial charge in [0.25, 0.3) is 0 Å². The normalized spacial score (nSPS) is 14.3. The van der Waals surface area contributed by atoms with Crippen molar-refractivity contribution in [3.8, 4) is 0 Å². The van der Waals surface area contributed by atoms with Crippen LogP contribution in [0.1, 0.15) is 39.5 Å². The molecule has 0 radical (unpaired) electrons. The van der Waals surface area contributed by atoms with Gasteiger partial charge in [0.15, 0.2) is 0 Å². The fraction of sp³-hybridized carbons (Fsp3) is 1.00. The number of hydrogen-bond acceptors (Lipinski definition) is 3. The monoisotopic (exact) mass is 256 g/mol. The first-order chi connectivity index (χ1) is 7.85. The minimum atomic E-state index is -4.25. The summed E-state index contributed by atoms with van der Waals surface area (Å²) in [5.41, 5.74) is 2.61. The highest BCUT2D eigenvalue weighted by atomic mass is 19.4. The maximum absolute atomic E-state index is 11.8. The smallest absolute Gasteiger partial charge is 0.372 e. The van der Waals surface area contributed by atoms with E-state index in [2.05, 4.69) is 24.0 Å². The van der Waals surface area contributed by atoms with Crippen LogP contribution in [-0.2, 0) is 4.74 Å². The third-order valence-electron chi connectivity index (χ3n) is 2.45. The Labute approximate surface area is 101 Å². The highest BCUT2D eigenvalue weighted by Crippen LogP contribution is 2.15. The van der Waals surface area contributed by atoms with Crippen molar-refractivity contribution in [3.05, 3.63) is 0 Å². The van der Waals surface area contributed by atoms with E-state index in [1.807, 2.05) is 0 Å². The van der Waals surface area contributed by atoms with Gasteiger partial charge in [0.2, 0.25) is 0 Å². The first-order valence-corrected chi connectivity index (χ1v) is 5.95. The Hall–Kier alpha value is -0.330. The second-order valence-electron chi connectivity index (χ2n) is 4.64. The quantitative estimate of drug-likeness (QED) is 0.379. The van der Waals surface area contributed by atoms with Crippen molar-refractivity contribution in [2.45, 2.75) is 51.7 Å². The number of nitrogens with two attached hydrogens (primary N) is 1. The van der Waals surface area contributed by atoms with Crippen molar-refractivity contribution in [2.75, 3.05) is 13.2 Å². The van der Waals surface area contributed by atoms with Gasteiger partial charge in [-0.3, -0.25) is 11.3 Å². The average molecular weight is 256 g/mol.